The second kappa shape index (κ2) is 7.02. The molecule has 0 bridgehead atoms. The average molecular weight is 370 g/mol. The Bertz CT molecular complexity index is 825. The lowest BCUT2D eigenvalue weighted by atomic mass is 10.2. The van der Waals surface area contributed by atoms with Gasteiger partial charge in [0.25, 0.3) is 5.91 Å². The highest BCUT2D eigenvalue weighted by molar-refractivity contribution is 9.10. The van der Waals surface area contributed by atoms with Gasteiger partial charge in [0, 0.05) is 41.0 Å². The molecule has 0 aliphatic heterocycles. The van der Waals surface area contributed by atoms with Crippen molar-refractivity contribution in [2.24, 2.45) is 0 Å². The second-order valence-electron chi connectivity index (χ2n) is 4.66. The summed E-state index contributed by atoms with van der Waals surface area (Å²) in [5.74, 6) is 1.07. The molecule has 23 heavy (non-hydrogen) atoms. The Morgan fingerprint density at radius 2 is 1.83 bits per heavy atom. The highest BCUT2D eigenvalue weighted by Gasteiger charge is 2.08. The van der Waals surface area contributed by atoms with E-state index in [0.717, 1.165) is 4.47 Å². The fourth-order valence-electron chi connectivity index (χ4n) is 1.92. The van der Waals surface area contributed by atoms with Crippen LogP contribution in [0, 0.1) is 0 Å². The zero-order valence-corrected chi connectivity index (χ0v) is 13.5. The molecule has 1 N–H and O–H groups in total. The van der Waals surface area contributed by atoms with E-state index < -0.39 is 0 Å². The van der Waals surface area contributed by atoms with Crippen LogP contribution in [-0.4, -0.2) is 15.9 Å². The number of pyridine rings is 2. The summed E-state index contributed by atoms with van der Waals surface area (Å²) in [4.78, 5) is 20.1. The molecule has 0 aliphatic carbocycles. The minimum Gasteiger partial charge on any atom is -0.457 e. The van der Waals surface area contributed by atoms with Crippen LogP contribution in [0.1, 0.15) is 10.4 Å². The number of anilines is 1. The van der Waals surface area contributed by atoms with Gasteiger partial charge in [0.1, 0.15) is 11.5 Å². The van der Waals surface area contributed by atoms with Gasteiger partial charge in [-0.3, -0.25) is 14.8 Å². The molecule has 0 unspecified atom stereocenters. The van der Waals surface area contributed by atoms with Crippen LogP contribution in [0.3, 0.4) is 0 Å². The molecule has 0 aliphatic rings. The summed E-state index contributed by atoms with van der Waals surface area (Å²) < 4.78 is 6.46. The molecule has 1 amide bonds. The topological polar surface area (TPSA) is 64.1 Å². The molecular weight excluding hydrogens is 358 g/mol. The molecule has 0 atom stereocenters. The van der Waals surface area contributed by atoms with Crippen LogP contribution in [0.15, 0.2) is 71.7 Å². The Kier molecular flexibility index (Phi) is 4.63. The molecule has 2 heterocycles. The average Bonchev–Trinajstić information content (AvgIpc) is 2.56. The molecule has 5 nitrogen and oxygen atoms in total. The molecule has 0 saturated carbocycles. The third kappa shape index (κ3) is 4.14. The van der Waals surface area contributed by atoms with E-state index in [9.17, 15) is 4.79 Å². The minimum absolute atomic E-state index is 0.236. The van der Waals surface area contributed by atoms with Crippen LogP contribution in [-0.2, 0) is 0 Å². The van der Waals surface area contributed by atoms with E-state index in [1.54, 1.807) is 48.9 Å². The first-order valence-corrected chi connectivity index (χ1v) is 7.60. The standard InChI is InChI=1S/C17H12BrN3O2/c18-13-8-12(10-20-11-13)17(22)21-14-2-1-3-16(9-14)23-15-4-6-19-7-5-15/h1-11H,(H,21,22). The van der Waals surface area contributed by atoms with Crippen molar-refractivity contribution in [3.63, 3.8) is 0 Å². The van der Waals surface area contributed by atoms with Crippen LogP contribution < -0.4 is 10.1 Å². The van der Waals surface area contributed by atoms with Crippen molar-refractivity contribution in [1.29, 1.82) is 0 Å². The first-order valence-electron chi connectivity index (χ1n) is 6.80. The lowest BCUT2D eigenvalue weighted by Gasteiger charge is -2.09. The lowest BCUT2D eigenvalue weighted by Crippen LogP contribution is -2.12. The third-order valence-electron chi connectivity index (χ3n) is 2.94. The Labute approximate surface area is 141 Å². The van der Waals surface area contributed by atoms with Gasteiger partial charge >= 0.3 is 0 Å². The smallest absolute Gasteiger partial charge is 0.257 e. The number of aromatic nitrogens is 2. The summed E-state index contributed by atoms with van der Waals surface area (Å²) >= 11 is 3.30. The number of benzene rings is 1. The predicted octanol–water partition coefficient (Wildman–Crippen LogP) is 4.28. The first kappa shape index (κ1) is 15.2. The van der Waals surface area contributed by atoms with Gasteiger partial charge in [0.2, 0.25) is 0 Å². The molecule has 1 aromatic carbocycles. The van der Waals surface area contributed by atoms with Gasteiger partial charge < -0.3 is 10.1 Å². The summed E-state index contributed by atoms with van der Waals surface area (Å²) in [6, 6.07) is 12.4. The normalized spacial score (nSPS) is 10.1. The molecule has 0 saturated heterocycles. The number of carbonyl (C=O) groups excluding carboxylic acids is 1. The molecule has 0 fully saturated rings. The number of ether oxygens (including phenoxy) is 1. The Morgan fingerprint density at radius 1 is 1.00 bits per heavy atom. The molecule has 3 rings (SSSR count). The van der Waals surface area contributed by atoms with Gasteiger partial charge in [-0.05, 0) is 46.3 Å². The van der Waals surface area contributed by atoms with Gasteiger partial charge in [-0.25, -0.2) is 0 Å². The molecule has 0 radical (unpaired) electrons. The minimum atomic E-state index is -0.236. The van der Waals surface area contributed by atoms with Crippen LogP contribution in [0.4, 0.5) is 5.69 Å². The lowest BCUT2D eigenvalue weighted by molar-refractivity contribution is 0.102. The van der Waals surface area contributed by atoms with E-state index in [2.05, 4.69) is 31.2 Å². The Hall–Kier alpha value is -2.73. The van der Waals surface area contributed by atoms with Crippen LogP contribution in [0.25, 0.3) is 0 Å². The van der Waals surface area contributed by atoms with Gasteiger partial charge in [0.15, 0.2) is 0 Å². The van der Waals surface area contributed by atoms with E-state index in [-0.39, 0.29) is 5.91 Å². The number of hydrogen-bond donors (Lipinski definition) is 1. The van der Waals surface area contributed by atoms with Gasteiger partial charge in [-0.2, -0.15) is 0 Å². The maximum Gasteiger partial charge on any atom is 0.257 e. The maximum absolute atomic E-state index is 12.2. The molecular formula is C17H12BrN3O2. The number of nitrogens with zero attached hydrogens (tertiary/aromatic N) is 2. The van der Waals surface area contributed by atoms with E-state index in [1.807, 2.05) is 12.1 Å². The Balaban J connectivity index is 1.74. The van der Waals surface area contributed by atoms with E-state index in [1.165, 1.54) is 6.20 Å². The summed E-state index contributed by atoms with van der Waals surface area (Å²) in [6.45, 7) is 0. The van der Waals surface area contributed by atoms with E-state index >= 15 is 0 Å². The summed E-state index contributed by atoms with van der Waals surface area (Å²) in [5, 5.41) is 2.82. The largest absolute Gasteiger partial charge is 0.457 e. The van der Waals surface area contributed by atoms with Crippen molar-refractivity contribution < 1.29 is 9.53 Å². The quantitative estimate of drug-likeness (QED) is 0.745. The fourth-order valence-corrected chi connectivity index (χ4v) is 2.28. The van der Waals surface area contributed by atoms with Gasteiger partial charge in [-0.1, -0.05) is 6.07 Å². The highest BCUT2D eigenvalue weighted by atomic mass is 79.9. The van der Waals surface area contributed by atoms with Gasteiger partial charge in [0.05, 0.1) is 5.56 Å². The first-order chi connectivity index (χ1) is 11.2. The third-order valence-corrected chi connectivity index (χ3v) is 3.38. The van der Waals surface area contributed by atoms with Crippen molar-refractivity contribution in [2.45, 2.75) is 0 Å². The van der Waals surface area contributed by atoms with Crippen LogP contribution in [0.2, 0.25) is 0 Å². The fraction of sp³-hybridized carbons (Fsp3) is 0. The van der Waals surface area contributed by atoms with Crippen LogP contribution >= 0.6 is 15.9 Å². The zero-order chi connectivity index (χ0) is 16.1. The summed E-state index contributed by atoms with van der Waals surface area (Å²) in [6.07, 6.45) is 6.44. The summed E-state index contributed by atoms with van der Waals surface area (Å²) in [5.41, 5.74) is 1.11. The van der Waals surface area contributed by atoms with Crippen molar-refractivity contribution in [2.75, 3.05) is 5.32 Å². The summed E-state index contributed by atoms with van der Waals surface area (Å²) in [7, 11) is 0. The maximum atomic E-state index is 12.2. The monoisotopic (exact) mass is 369 g/mol. The molecule has 0 spiro atoms. The van der Waals surface area contributed by atoms with Gasteiger partial charge in [-0.15, -0.1) is 0 Å². The number of amides is 1. The molecule has 6 heteroatoms. The van der Waals surface area contributed by atoms with Crippen molar-refractivity contribution in [1.82, 2.24) is 9.97 Å². The number of nitrogens with one attached hydrogen (secondary N) is 1. The van der Waals surface area contributed by atoms with E-state index in [4.69, 9.17) is 4.74 Å². The SMILES string of the molecule is O=C(Nc1cccc(Oc2ccncc2)c1)c1cncc(Br)c1. The van der Waals surface area contributed by atoms with E-state index in [0.29, 0.717) is 22.7 Å². The van der Waals surface area contributed by atoms with Crippen molar-refractivity contribution in [3.05, 3.63) is 77.3 Å². The Morgan fingerprint density at radius 3 is 2.61 bits per heavy atom. The molecule has 2 aromatic heterocycles. The number of carbonyl (C=O) groups is 1. The second-order valence-corrected chi connectivity index (χ2v) is 5.57. The molecule has 114 valence electrons. The number of hydrogen-bond acceptors (Lipinski definition) is 4. The molecule has 3 aromatic rings. The van der Waals surface area contributed by atoms with Crippen LogP contribution in [0.5, 0.6) is 11.5 Å². The number of rotatable bonds is 4. The predicted molar refractivity (Wildman–Crippen MR) is 90.6 cm³/mol. The highest BCUT2D eigenvalue weighted by Crippen LogP contribution is 2.24. The van der Waals surface area contributed by atoms with Crippen molar-refractivity contribution >= 4 is 27.5 Å². The zero-order valence-electron chi connectivity index (χ0n) is 11.9. The number of halogens is 1. The van der Waals surface area contributed by atoms with Crippen molar-refractivity contribution in [3.8, 4) is 11.5 Å².